The van der Waals surface area contributed by atoms with E-state index in [1.807, 2.05) is 19.9 Å². The first-order chi connectivity index (χ1) is 7.99. The van der Waals surface area contributed by atoms with Crippen molar-refractivity contribution in [3.63, 3.8) is 0 Å². The molecule has 90 valence electrons. The Morgan fingerprint density at radius 3 is 2.59 bits per heavy atom. The summed E-state index contributed by atoms with van der Waals surface area (Å²) in [6.45, 7) is 4.06. The fraction of sp³-hybridized carbons (Fsp3) is 0.231. The summed E-state index contributed by atoms with van der Waals surface area (Å²) in [4.78, 5) is 2.18. The third kappa shape index (κ3) is 2.74. The molecule has 0 bridgehead atoms. The fourth-order valence-corrected chi connectivity index (χ4v) is 3.48. The molecule has 0 fully saturated rings. The van der Waals surface area contributed by atoms with Crippen LogP contribution in [0.5, 0.6) is 0 Å². The summed E-state index contributed by atoms with van der Waals surface area (Å²) in [6.07, 6.45) is -0.623. The first-order valence-electron chi connectivity index (χ1n) is 5.19. The molecule has 0 aliphatic carbocycles. The van der Waals surface area contributed by atoms with Crippen LogP contribution in [0.25, 0.3) is 0 Å². The van der Waals surface area contributed by atoms with Gasteiger partial charge in [0.25, 0.3) is 0 Å². The molecule has 1 heterocycles. The van der Waals surface area contributed by atoms with Crippen LogP contribution in [-0.4, -0.2) is 5.11 Å². The number of hydrogen-bond donors (Lipinski definition) is 1. The molecule has 1 nitrogen and oxygen atoms in total. The van der Waals surface area contributed by atoms with Gasteiger partial charge in [-0.05, 0) is 43.7 Å². The van der Waals surface area contributed by atoms with E-state index in [4.69, 9.17) is 11.6 Å². The Balaban J connectivity index is 2.46. The van der Waals surface area contributed by atoms with E-state index in [1.165, 1.54) is 4.88 Å². The molecule has 0 aliphatic rings. The predicted octanol–water partition coefficient (Wildman–Crippen LogP) is 4.86. The van der Waals surface area contributed by atoms with Crippen molar-refractivity contribution in [3.05, 3.63) is 54.6 Å². The molecule has 1 N–H and O–H groups in total. The molecular weight excluding hydrogens is 320 g/mol. The summed E-state index contributed by atoms with van der Waals surface area (Å²) in [7, 11) is 0. The quantitative estimate of drug-likeness (QED) is 0.833. The van der Waals surface area contributed by atoms with Crippen molar-refractivity contribution in [2.24, 2.45) is 0 Å². The van der Waals surface area contributed by atoms with Gasteiger partial charge in [0.05, 0.1) is 0 Å². The van der Waals surface area contributed by atoms with Crippen LogP contribution in [0.2, 0.25) is 5.02 Å². The van der Waals surface area contributed by atoms with Crippen molar-refractivity contribution < 1.29 is 5.11 Å². The number of aliphatic hydroxyl groups excluding tert-OH is 1. The summed E-state index contributed by atoms with van der Waals surface area (Å²) in [6, 6.07) is 7.54. The number of halogens is 2. The molecule has 2 aromatic rings. The number of thiophene rings is 1. The van der Waals surface area contributed by atoms with E-state index in [9.17, 15) is 5.11 Å². The van der Waals surface area contributed by atoms with E-state index >= 15 is 0 Å². The van der Waals surface area contributed by atoms with Gasteiger partial charge in [-0.2, -0.15) is 0 Å². The molecule has 0 aliphatic heterocycles. The fourth-order valence-electron chi connectivity index (χ4n) is 1.80. The minimum absolute atomic E-state index is 0.623. The van der Waals surface area contributed by atoms with Gasteiger partial charge >= 0.3 is 0 Å². The highest BCUT2D eigenvalue weighted by Crippen LogP contribution is 2.35. The summed E-state index contributed by atoms with van der Waals surface area (Å²) in [5.74, 6) is 0. The Kier molecular flexibility index (Phi) is 3.93. The SMILES string of the molecule is Cc1cc(C)c(C(O)c2cc(Cl)ccc2Br)s1. The van der Waals surface area contributed by atoms with E-state index in [0.717, 1.165) is 20.5 Å². The van der Waals surface area contributed by atoms with Crippen LogP contribution in [0.15, 0.2) is 28.7 Å². The highest BCUT2D eigenvalue weighted by atomic mass is 79.9. The average Bonchev–Trinajstić information content (AvgIpc) is 2.60. The van der Waals surface area contributed by atoms with E-state index < -0.39 is 6.10 Å². The van der Waals surface area contributed by atoms with Crippen LogP contribution >= 0.6 is 38.9 Å². The number of hydrogen-bond acceptors (Lipinski definition) is 2. The highest BCUT2D eigenvalue weighted by Gasteiger charge is 2.18. The number of rotatable bonds is 2. The smallest absolute Gasteiger partial charge is 0.115 e. The van der Waals surface area contributed by atoms with E-state index in [0.29, 0.717) is 5.02 Å². The van der Waals surface area contributed by atoms with Crippen LogP contribution in [-0.2, 0) is 0 Å². The monoisotopic (exact) mass is 330 g/mol. The van der Waals surface area contributed by atoms with Gasteiger partial charge in [-0.25, -0.2) is 0 Å². The number of aryl methyl sites for hydroxylation is 2. The van der Waals surface area contributed by atoms with Crippen LogP contribution in [0.1, 0.15) is 27.0 Å². The second kappa shape index (κ2) is 5.11. The molecule has 1 aromatic heterocycles. The van der Waals surface area contributed by atoms with Crippen molar-refractivity contribution in [2.45, 2.75) is 20.0 Å². The van der Waals surface area contributed by atoms with Crippen LogP contribution in [0.4, 0.5) is 0 Å². The van der Waals surface area contributed by atoms with E-state index in [2.05, 4.69) is 22.0 Å². The third-order valence-electron chi connectivity index (χ3n) is 2.58. The first-order valence-corrected chi connectivity index (χ1v) is 7.17. The molecule has 1 atom stereocenters. The largest absolute Gasteiger partial charge is 0.383 e. The van der Waals surface area contributed by atoms with Crippen molar-refractivity contribution in [2.75, 3.05) is 0 Å². The average molecular weight is 332 g/mol. The lowest BCUT2D eigenvalue weighted by molar-refractivity contribution is 0.222. The van der Waals surface area contributed by atoms with Crippen LogP contribution in [0, 0.1) is 13.8 Å². The number of benzene rings is 1. The number of aliphatic hydroxyl groups is 1. The zero-order chi connectivity index (χ0) is 12.6. The topological polar surface area (TPSA) is 20.2 Å². The zero-order valence-corrected chi connectivity index (χ0v) is 12.7. The van der Waals surface area contributed by atoms with Gasteiger partial charge < -0.3 is 5.11 Å². The Hall–Kier alpha value is -0.350. The normalized spacial score (nSPS) is 12.8. The van der Waals surface area contributed by atoms with Crippen LogP contribution in [0.3, 0.4) is 0 Å². The molecular formula is C13H12BrClOS. The molecule has 2 rings (SSSR count). The molecule has 17 heavy (non-hydrogen) atoms. The van der Waals surface area contributed by atoms with Gasteiger partial charge in [0.2, 0.25) is 0 Å². The van der Waals surface area contributed by atoms with Crippen LogP contribution < -0.4 is 0 Å². The maximum atomic E-state index is 10.4. The summed E-state index contributed by atoms with van der Waals surface area (Å²) >= 11 is 11.0. The highest BCUT2D eigenvalue weighted by molar-refractivity contribution is 9.10. The Morgan fingerprint density at radius 2 is 2.00 bits per heavy atom. The minimum Gasteiger partial charge on any atom is -0.383 e. The van der Waals surface area contributed by atoms with Crippen molar-refractivity contribution >= 4 is 38.9 Å². The van der Waals surface area contributed by atoms with Gasteiger partial charge in [-0.3, -0.25) is 0 Å². The first kappa shape index (κ1) is 13.1. The molecule has 1 unspecified atom stereocenters. The summed E-state index contributed by atoms with van der Waals surface area (Å²) in [5, 5.41) is 11.0. The second-order valence-corrected chi connectivity index (χ2v) is 6.55. The van der Waals surface area contributed by atoms with Crippen molar-refractivity contribution in [3.8, 4) is 0 Å². The Bertz CT molecular complexity index is 550. The van der Waals surface area contributed by atoms with Crippen molar-refractivity contribution in [1.29, 1.82) is 0 Å². The standard InChI is InChI=1S/C13H12BrClOS/c1-7-5-8(2)17-13(7)12(16)10-6-9(15)3-4-11(10)14/h3-6,12,16H,1-2H3. The third-order valence-corrected chi connectivity index (χ3v) is 4.74. The van der Waals surface area contributed by atoms with Gasteiger partial charge in [0.15, 0.2) is 0 Å². The Morgan fingerprint density at radius 1 is 1.29 bits per heavy atom. The Labute approximate surface area is 118 Å². The van der Waals surface area contributed by atoms with Gasteiger partial charge in [-0.15, -0.1) is 11.3 Å². The van der Waals surface area contributed by atoms with E-state index in [1.54, 1.807) is 23.5 Å². The van der Waals surface area contributed by atoms with Gasteiger partial charge in [0.1, 0.15) is 6.10 Å². The molecule has 0 saturated heterocycles. The molecule has 1 aromatic carbocycles. The summed E-state index contributed by atoms with van der Waals surface area (Å²) in [5.41, 5.74) is 1.93. The molecule has 0 radical (unpaired) electrons. The molecule has 4 heteroatoms. The molecule has 0 spiro atoms. The maximum absolute atomic E-state index is 10.4. The van der Waals surface area contributed by atoms with E-state index in [-0.39, 0.29) is 0 Å². The minimum atomic E-state index is -0.623. The lowest BCUT2D eigenvalue weighted by Crippen LogP contribution is -1.99. The van der Waals surface area contributed by atoms with Gasteiger partial charge in [-0.1, -0.05) is 27.5 Å². The van der Waals surface area contributed by atoms with Crippen molar-refractivity contribution in [1.82, 2.24) is 0 Å². The molecule has 0 amide bonds. The predicted molar refractivity (Wildman–Crippen MR) is 77.0 cm³/mol. The zero-order valence-electron chi connectivity index (χ0n) is 9.50. The lowest BCUT2D eigenvalue weighted by atomic mass is 10.1. The summed E-state index contributed by atoms with van der Waals surface area (Å²) < 4.78 is 0.875. The van der Waals surface area contributed by atoms with Gasteiger partial charge in [0, 0.05) is 24.8 Å². The maximum Gasteiger partial charge on any atom is 0.115 e. The molecule has 0 saturated carbocycles. The second-order valence-electron chi connectivity index (χ2n) is 3.97. The lowest BCUT2D eigenvalue weighted by Gasteiger charge is -2.13.